The van der Waals surface area contributed by atoms with Crippen molar-refractivity contribution in [3.63, 3.8) is 0 Å². The molecule has 8 heteroatoms. The normalized spacial score (nSPS) is 10.7. The van der Waals surface area contributed by atoms with Crippen LogP contribution in [0.2, 0.25) is 0 Å². The Bertz CT molecular complexity index is 1410. The van der Waals surface area contributed by atoms with Gasteiger partial charge >= 0.3 is 11.9 Å². The summed E-state index contributed by atoms with van der Waals surface area (Å²) in [5, 5.41) is 21.5. The molecule has 4 rings (SSSR count). The lowest BCUT2D eigenvalue weighted by Crippen LogP contribution is -2.07. The van der Waals surface area contributed by atoms with E-state index in [1.54, 1.807) is 36.4 Å². The molecular weight excluding hydrogens is 474 g/mol. The maximum Gasteiger partial charge on any atom is 0.335 e. The molecule has 0 spiro atoms. The predicted octanol–water partition coefficient (Wildman–Crippen LogP) is 6.23. The second kappa shape index (κ2) is 11.0. The van der Waals surface area contributed by atoms with E-state index in [1.165, 1.54) is 11.3 Å². The maximum atomic E-state index is 11.1. The molecule has 182 valence electrons. The van der Waals surface area contributed by atoms with Crippen molar-refractivity contribution in [1.82, 2.24) is 9.97 Å². The van der Waals surface area contributed by atoms with E-state index in [0.29, 0.717) is 18.1 Å². The van der Waals surface area contributed by atoms with Gasteiger partial charge in [0.25, 0.3) is 0 Å². The standard InChI is InChI=1S/C28H25N3O4S/c1-3-5-21-22(4-2)30-27(31-26(21)29-20-12-6-17(7-13-20)16-25(32)33)24-15-14-23(36-24)18-8-10-19(11-9-18)28(34)35/h3,6-15H,1,4-5,16H2,2H3,(H,32,33)(H,34,35)(H,29,30,31). The average Bonchev–Trinajstić information content (AvgIpc) is 3.36. The summed E-state index contributed by atoms with van der Waals surface area (Å²) in [5.74, 6) is -0.540. The number of aryl methyl sites for hydroxylation is 1. The van der Waals surface area contributed by atoms with E-state index >= 15 is 0 Å². The molecule has 0 radical (unpaired) electrons. The van der Waals surface area contributed by atoms with Gasteiger partial charge in [-0.1, -0.05) is 37.3 Å². The third kappa shape index (κ3) is 5.67. The van der Waals surface area contributed by atoms with Crippen LogP contribution in [0.3, 0.4) is 0 Å². The third-order valence-electron chi connectivity index (χ3n) is 5.59. The van der Waals surface area contributed by atoms with Gasteiger partial charge in [-0.05, 0) is 60.4 Å². The monoisotopic (exact) mass is 499 g/mol. The summed E-state index contributed by atoms with van der Waals surface area (Å²) in [5.41, 5.74) is 4.58. The smallest absolute Gasteiger partial charge is 0.335 e. The number of carbonyl (C=O) groups is 2. The zero-order valence-electron chi connectivity index (χ0n) is 19.7. The number of aliphatic carboxylic acids is 1. The van der Waals surface area contributed by atoms with Crippen molar-refractivity contribution >= 4 is 34.8 Å². The van der Waals surface area contributed by atoms with Crippen LogP contribution in [-0.2, 0) is 24.1 Å². The van der Waals surface area contributed by atoms with Crippen molar-refractivity contribution in [1.29, 1.82) is 0 Å². The van der Waals surface area contributed by atoms with Crippen molar-refractivity contribution in [3.05, 3.63) is 95.7 Å². The highest BCUT2D eigenvalue weighted by atomic mass is 32.1. The number of aromatic carboxylic acids is 1. The number of allylic oxidation sites excluding steroid dienone is 1. The van der Waals surface area contributed by atoms with Crippen molar-refractivity contribution < 1.29 is 19.8 Å². The zero-order chi connectivity index (χ0) is 25.7. The highest BCUT2D eigenvalue weighted by molar-refractivity contribution is 7.18. The highest BCUT2D eigenvalue weighted by Gasteiger charge is 2.16. The van der Waals surface area contributed by atoms with Crippen LogP contribution in [-0.4, -0.2) is 32.1 Å². The SMILES string of the molecule is C=CCc1c(CC)nc(-c2ccc(-c3ccc(C(=O)O)cc3)s2)nc1Nc1ccc(CC(=O)O)cc1. The number of nitrogens with zero attached hydrogens (tertiary/aromatic N) is 2. The maximum absolute atomic E-state index is 11.1. The molecule has 0 aliphatic rings. The Labute approximate surface area is 212 Å². The number of nitrogens with one attached hydrogen (secondary N) is 1. The van der Waals surface area contributed by atoms with Crippen molar-refractivity contribution in [2.45, 2.75) is 26.2 Å². The number of carboxylic acid groups (broad SMARTS) is 2. The minimum atomic E-state index is -0.954. The zero-order valence-corrected chi connectivity index (χ0v) is 20.5. The third-order valence-corrected chi connectivity index (χ3v) is 6.72. The number of aromatic nitrogens is 2. The van der Waals surface area contributed by atoms with Crippen molar-refractivity contribution in [3.8, 4) is 21.1 Å². The molecule has 2 heterocycles. The molecule has 2 aromatic carbocycles. The molecule has 7 nitrogen and oxygen atoms in total. The molecular formula is C28H25N3O4S. The number of carboxylic acids is 2. The molecule has 0 fully saturated rings. The van der Waals surface area contributed by atoms with E-state index in [2.05, 4.69) is 11.9 Å². The molecule has 0 aliphatic carbocycles. The van der Waals surface area contributed by atoms with Crippen LogP contribution in [0.25, 0.3) is 21.1 Å². The van der Waals surface area contributed by atoms with Crippen LogP contribution in [0.4, 0.5) is 11.5 Å². The first-order valence-corrected chi connectivity index (χ1v) is 12.2. The molecule has 0 atom stereocenters. The van der Waals surface area contributed by atoms with Crippen molar-refractivity contribution in [2.24, 2.45) is 0 Å². The topological polar surface area (TPSA) is 112 Å². The van der Waals surface area contributed by atoms with E-state index < -0.39 is 11.9 Å². The largest absolute Gasteiger partial charge is 0.481 e. The predicted molar refractivity (Wildman–Crippen MR) is 142 cm³/mol. The fourth-order valence-corrected chi connectivity index (χ4v) is 4.75. The van der Waals surface area contributed by atoms with E-state index in [-0.39, 0.29) is 12.0 Å². The fraction of sp³-hybridized carbons (Fsp3) is 0.143. The van der Waals surface area contributed by atoms with E-state index in [9.17, 15) is 9.59 Å². The second-order valence-corrected chi connectivity index (χ2v) is 9.19. The first-order chi connectivity index (χ1) is 17.4. The van der Waals surface area contributed by atoms with Gasteiger partial charge in [-0.25, -0.2) is 14.8 Å². The number of benzene rings is 2. The summed E-state index contributed by atoms with van der Waals surface area (Å²) in [7, 11) is 0. The van der Waals surface area contributed by atoms with E-state index in [1.807, 2.05) is 37.3 Å². The van der Waals surface area contributed by atoms with Crippen LogP contribution < -0.4 is 5.32 Å². The summed E-state index contributed by atoms with van der Waals surface area (Å²) in [6, 6.07) is 18.0. The molecule has 36 heavy (non-hydrogen) atoms. The van der Waals surface area contributed by atoms with Crippen molar-refractivity contribution in [2.75, 3.05) is 5.32 Å². The van der Waals surface area contributed by atoms with Gasteiger partial charge in [0, 0.05) is 21.8 Å². The summed E-state index contributed by atoms with van der Waals surface area (Å²) in [6.07, 6.45) is 3.12. The van der Waals surface area contributed by atoms with Gasteiger partial charge in [0.05, 0.1) is 16.9 Å². The molecule has 0 amide bonds. The van der Waals surface area contributed by atoms with Crippen LogP contribution in [0, 0.1) is 0 Å². The van der Waals surface area contributed by atoms with E-state index in [4.69, 9.17) is 20.2 Å². The van der Waals surface area contributed by atoms with Gasteiger partial charge in [0.2, 0.25) is 0 Å². The molecule has 0 bridgehead atoms. The van der Waals surface area contributed by atoms with Gasteiger partial charge in [0.15, 0.2) is 5.82 Å². The summed E-state index contributed by atoms with van der Waals surface area (Å²) in [6.45, 7) is 5.93. The van der Waals surface area contributed by atoms with Gasteiger partial charge in [-0.15, -0.1) is 17.9 Å². The average molecular weight is 500 g/mol. The molecule has 0 saturated carbocycles. The lowest BCUT2D eigenvalue weighted by atomic mass is 10.1. The van der Waals surface area contributed by atoms with E-state index in [0.717, 1.165) is 44.2 Å². The first-order valence-electron chi connectivity index (χ1n) is 11.4. The quantitative estimate of drug-likeness (QED) is 0.222. The Morgan fingerprint density at radius 2 is 1.67 bits per heavy atom. The molecule has 4 aromatic rings. The Morgan fingerprint density at radius 3 is 2.28 bits per heavy atom. The number of anilines is 2. The Kier molecular flexibility index (Phi) is 7.56. The number of rotatable bonds is 10. The second-order valence-electron chi connectivity index (χ2n) is 8.11. The Balaban J connectivity index is 1.68. The van der Waals surface area contributed by atoms with Gasteiger partial charge in [-0.3, -0.25) is 4.79 Å². The van der Waals surface area contributed by atoms with Crippen LogP contribution in [0.5, 0.6) is 0 Å². The minimum Gasteiger partial charge on any atom is -0.481 e. The minimum absolute atomic E-state index is 0.0284. The molecule has 0 unspecified atom stereocenters. The van der Waals surface area contributed by atoms with Gasteiger partial charge in [0.1, 0.15) is 5.82 Å². The lowest BCUT2D eigenvalue weighted by Gasteiger charge is -2.15. The van der Waals surface area contributed by atoms with Crippen LogP contribution >= 0.6 is 11.3 Å². The molecule has 2 aromatic heterocycles. The van der Waals surface area contributed by atoms with Gasteiger partial charge < -0.3 is 15.5 Å². The number of hydrogen-bond acceptors (Lipinski definition) is 6. The summed E-state index contributed by atoms with van der Waals surface area (Å²) in [4.78, 5) is 33.7. The van der Waals surface area contributed by atoms with Gasteiger partial charge in [-0.2, -0.15) is 0 Å². The Morgan fingerprint density at radius 1 is 0.972 bits per heavy atom. The number of hydrogen-bond donors (Lipinski definition) is 3. The summed E-state index contributed by atoms with van der Waals surface area (Å²) >= 11 is 1.54. The van der Waals surface area contributed by atoms with Crippen LogP contribution in [0.15, 0.2) is 73.3 Å². The fourth-order valence-electron chi connectivity index (χ4n) is 3.80. The number of thiophene rings is 1. The first kappa shape index (κ1) is 24.8. The summed E-state index contributed by atoms with van der Waals surface area (Å²) < 4.78 is 0. The Hall–Kier alpha value is -4.30. The highest BCUT2D eigenvalue weighted by Crippen LogP contribution is 2.35. The molecule has 0 aliphatic heterocycles. The molecule has 0 saturated heterocycles. The molecule has 3 N–H and O–H groups in total. The van der Waals surface area contributed by atoms with Crippen LogP contribution in [0.1, 0.15) is 34.1 Å². The lowest BCUT2D eigenvalue weighted by molar-refractivity contribution is -0.136.